The van der Waals surface area contributed by atoms with Gasteiger partial charge in [-0.05, 0) is 13.0 Å². The van der Waals surface area contributed by atoms with Crippen LogP contribution < -0.4 is 5.73 Å². The van der Waals surface area contributed by atoms with Gasteiger partial charge in [0.2, 0.25) is 0 Å². The molecule has 0 fully saturated rings. The molecule has 1 aliphatic carbocycles. The molecular weight excluding hydrogens is 200 g/mol. The number of nitro groups is 1. The first-order valence-corrected chi connectivity index (χ1v) is 4.31. The van der Waals surface area contributed by atoms with Gasteiger partial charge in [0.25, 0.3) is 5.70 Å². The molecule has 15 heavy (non-hydrogen) atoms. The van der Waals surface area contributed by atoms with Crippen molar-refractivity contribution in [3.63, 3.8) is 0 Å². The molecule has 1 aliphatic rings. The monoisotopic (exact) mass is 212 g/mol. The fourth-order valence-electron chi connectivity index (χ4n) is 1.33. The minimum absolute atomic E-state index is 0.141. The number of nitrogens with two attached hydrogens (primary N) is 1. The second-order valence-corrected chi connectivity index (χ2v) is 3.38. The quantitative estimate of drug-likeness (QED) is 0.538. The van der Waals surface area contributed by atoms with Gasteiger partial charge < -0.3 is 10.5 Å². The molecule has 82 valence electrons. The van der Waals surface area contributed by atoms with E-state index in [2.05, 4.69) is 0 Å². The van der Waals surface area contributed by atoms with Crippen molar-refractivity contribution in [3.8, 4) is 0 Å². The van der Waals surface area contributed by atoms with Crippen molar-refractivity contribution < 1.29 is 14.5 Å². The lowest BCUT2D eigenvalue weighted by Crippen LogP contribution is -2.47. The Morgan fingerprint density at radius 3 is 2.73 bits per heavy atom. The van der Waals surface area contributed by atoms with Crippen LogP contribution in [-0.4, -0.2) is 23.4 Å². The lowest BCUT2D eigenvalue weighted by atomic mass is 9.86. The number of carbonyl (C=O) groups excluding carboxylic acids is 1. The number of carbonyl (C=O) groups is 1. The van der Waals surface area contributed by atoms with Gasteiger partial charge in [-0.25, -0.2) is 0 Å². The number of nitrogens with zero attached hydrogens (tertiary/aromatic N) is 1. The Kier molecular flexibility index (Phi) is 2.90. The molecule has 0 aromatic heterocycles. The predicted octanol–water partition coefficient (Wildman–Crippen LogP) is 0.368. The highest BCUT2D eigenvalue weighted by Gasteiger charge is 2.38. The Labute approximate surface area is 86.5 Å². The third-order valence-corrected chi connectivity index (χ3v) is 2.37. The molecule has 0 saturated carbocycles. The molecule has 0 heterocycles. The van der Waals surface area contributed by atoms with Gasteiger partial charge in [0.15, 0.2) is 11.5 Å². The van der Waals surface area contributed by atoms with Crippen molar-refractivity contribution in [3.05, 3.63) is 33.7 Å². The minimum Gasteiger partial charge on any atom is -0.490 e. The van der Waals surface area contributed by atoms with Crippen molar-refractivity contribution in [1.29, 1.82) is 0 Å². The number of allylic oxidation sites excluding steroid dienone is 1. The molecule has 0 bridgehead atoms. The number of ketones is 1. The maximum absolute atomic E-state index is 11.2. The fourth-order valence-corrected chi connectivity index (χ4v) is 1.33. The molecule has 0 amide bonds. The number of hydrogen-bond donors (Lipinski definition) is 1. The van der Waals surface area contributed by atoms with Crippen molar-refractivity contribution >= 4 is 5.78 Å². The largest absolute Gasteiger partial charge is 0.490 e. The van der Waals surface area contributed by atoms with Gasteiger partial charge in [-0.3, -0.25) is 14.9 Å². The molecule has 0 aliphatic heterocycles. The third-order valence-electron chi connectivity index (χ3n) is 2.37. The number of hydrogen-bond acceptors (Lipinski definition) is 5. The summed E-state index contributed by atoms with van der Waals surface area (Å²) in [5, 5.41) is 10.7. The van der Waals surface area contributed by atoms with Crippen LogP contribution in [0.2, 0.25) is 0 Å². The molecule has 0 aromatic rings. The summed E-state index contributed by atoms with van der Waals surface area (Å²) in [6.45, 7) is 1.31. The molecule has 1 rings (SSSR count). The summed E-state index contributed by atoms with van der Waals surface area (Å²) in [6.07, 6.45) is 2.65. The van der Waals surface area contributed by atoms with E-state index in [1.165, 1.54) is 26.2 Å². The predicted molar refractivity (Wildman–Crippen MR) is 52.4 cm³/mol. The molecule has 0 aromatic carbocycles. The Hall–Kier alpha value is -1.69. The lowest BCUT2D eigenvalue weighted by Gasteiger charge is -2.24. The summed E-state index contributed by atoms with van der Waals surface area (Å²) in [7, 11) is 1.33. The maximum Gasteiger partial charge on any atom is 0.290 e. The van der Waals surface area contributed by atoms with Crippen LogP contribution in [0.25, 0.3) is 0 Å². The highest BCUT2D eigenvalue weighted by Crippen LogP contribution is 2.26. The van der Waals surface area contributed by atoms with Crippen molar-refractivity contribution in [2.75, 3.05) is 7.11 Å². The van der Waals surface area contributed by atoms with Crippen molar-refractivity contribution in [2.24, 2.45) is 5.73 Å². The van der Waals surface area contributed by atoms with Gasteiger partial charge in [0.05, 0.1) is 18.5 Å². The van der Waals surface area contributed by atoms with E-state index in [4.69, 9.17) is 10.5 Å². The normalized spacial score (nSPS) is 25.3. The molecule has 0 spiro atoms. The molecule has 6 heteroatoms. The number of ether oxygens (including phenoxy) is 1. The summed E-state index contributed by atoms with van der Waals surface area (Å²) in [6, 6.07) is 0. The van der Waals surface area contributed by atoms with Crippen LogP contribution in [0.5, 0.6) is 0 Å². The zero-order valence-corrected chi connectivity index (χ0v) is 8.52. The van der Waals surface area contributed by atoms with E-state index in [9.17, 15) is 14.9 Å². The number of Topliss-reactive ketones (excluding diaryl/α,β-unsaturated/α-hetero) is 1. The average molecular weight is 212 g/mol. The first-order valence-electron chi connectivity index (χ1n) is 4.31. The molecule has 0 saturated heterocycles. The van der Waals surface area contributed by atoms with Gasteiger partial charge >= 0.3 is 0 Å². The van der Waals surface area contributed by atoms with Crippen LogP contribution >= 0.6 is 0 Å². The number of rotatable bonds is 3. The van der Waals surface area contributed by atoms with Crippen LogP contribution in [0.4, 0.5) is 0 Å². The summed E-state index contributed by atoms with van der Waals surface area (Å²) in [5.74, 6) is -0.171. The summed E-state index contributed by atoms with van der Waals surface area (Å²) < 4.78 is 4.82. The van der Waals surface area contributed by atoms with Gasteiger partial charge in [0.1, 0.15) is 5.54 Å². The maximum atomic E-state index is 11.2. The van der Waals surface area contributed by atoms with Gasteiger partial charge in [-0.15, -0.1) is 0 Å². The van der Waals surface area contributed by atoms with Crippen molar-refractivity contribution in [1.82, 2.24) is 0 Å². The minimum atomic E-state index is -1.29. The molecular formula is C9H12N2O4. The van der Waals surface area contributed by atoms with E-state index in [0.29, 0.717) is 0 Å². The Morgan fingerprint density at radius 1 is 1.73 bits per heavy atom. The van der Waals surface area contributed by atoms with Crippen LogP contribution in [-0.2, 0) is 9.53 Å². The second-order valence-electron chi connectivity index (χ2n) is 3.38. The van der Waals surface area contributed by atoms with Gasteiger partial charge in [-0.1, -0.05) is 6.08 Å². The molecule has 2 N–H and O–H groups in total. The first-order chi connectivity index (χ1) is 6.90. The fraction of sp³-hybridized carbons (Fsp3) is 0.444. The van der Waals surface area contributed by atoms with E-state index < -0.39 is 10.5 Å². The highest BCUT2D eigenvalue weighted by molar-refractivity contribution is 5.88. The highest BCUT2D eigenvalue weighted by atomic mass is 16.6. The average Bonchev–Trinajstić information content (AvgIpc) is 2.17. The van der Waals surface area contributed by atoms with Gasteiger partial charge in [-0.2, -0.15) is 0 Å². The van der Waals surface area contributed by atoms with E-state index in [-0.39, 0.29) is 23.7 Å². The Morgan fingerprint density at radius 2 is 2.33 bits per heavy atom. The first kappa shape index (κ1) is 11.4. The SMILES string of the molecule is COC1=C([N+](=O)[O-])CC(N)(C(C)=O)C=C1. The van der Waals surface area contributed by atoms with E-state index in [1.807, 2.05) is 0 Å². The standard InChI is InChI=1S/C9H12N2O4/c1-6(12)9(10)4-3-8(15-2)7(5-9)11(13)14/h3-4H,5,10H2,1-2H3. The smallest absolute Gasteiger partial charge is 0.290 e. The molecule has 0 radical (unpaired) electrons. The van der Waals surface area contributed by atoms with Gasteiger partial charge in [0, 0.05) is 0 Å². The van der Waals surface area contributed by atoms with E-state index in [0.717, 1.165) is 0 Å². The Balaban J connectivity index is 3.10. The number of methoxy groups -OCH3 is 1. The molecule has 1 atom stereocenters. The van der Waals surface area contributed by atoms with E-state index >= 15 is 0 Å². The van der Waals surface area contributed by atoms with Crippen LogP contribution in [0.1, 0.15) is 13.3 Å². The second kappa shape index (κ2) is 3.82. The Bertz CT molecular complexity index is 372. The zero-order valence-electron chi connectivity index (χ0n) is 8.52. The third kappa shape index (κ3) is 2.04. The topological polar surface area (TPSA) is 95.5 Å². The van der Waals surface area contributed by atoms with Crippen LogP contribution in [0.15, 0.2) is 23.6 Å². The lowest BCUT2D eigenvalue weighted by molar-refractivity contribution is -0.431. The zero-order chi connectivity index (χ0) is 11.6. The van der Waals surface area contributed by atoms with E-state index in [1.54, 1.807) is 0 Å². The van der Waals surface area contributed by atoms with Crippen molar-refractivity contribution in [2.45, 2.75) is 18.9 Å². The summed E-state index contributed by atoms with van der Waals surface area (Å²) in [5.41, 5.74) is 4.26. The summed E-state index contributed by atoms with van der Waals surface area (Å²) in [4.78, 5) is 21.3. The molecule has 1 unspecified atom stereocenters. The van der Waals surface area contributed by atoms with Crippen LogP contribution in [0.3, 0.4) is 0 Å². The van der Waals surface area contributed by atoms with Crippen LogP contribution in [0, 0.1) is 10.1 Å². The summed E-state index contributed by atoms with van der Waals surface area (Å²) >= 11 is 0. The molecule has 6 nitrogen and oxygen atoms in total.